The van der Waals surface area contributed by atoms with E-state index in [9.17, 15) is 18.4 Å². The first-order valence-corrected chi connectivity index (χ1v) is 7.98. The molecular formula is C16H12F2N4O2S. The topological polar surface area (TPSA) is 90.0 Å². The number of benzene rings is 1. The van der Waals surface area contributed by atoms with Crippen LogP contribution in [0.3, 0.4) is 0 Å². The Morgan fingerprint density at radius 1 is 1.24 bits per heavy atom. The number of anilines is 2. The van der Waals surface area contributed by atoms with Crippen LogP contribution in [0.2, 0.25) is 0 Å². The first-order valence-electron chi connectivity index (χ1n) is 7.10. The van der Waals surface area contributed by atoms with Gasteiger partial charge in [0.15, 0.2) is 11.6 Å². The molecule has 2 heterocycles. The lowest BCUT2D eigenvalue weighted by atomic mass is 10.3. The third kappa shape index (κ3) is 3.72. The number of nitrogens with zero attached hydrogens (tertiary/aromatic N) is 2. The number of hydrogen-bond acceptors (Lipinski definition) is 5. The van der Waals surface area contributed by atoms with Gasteiger partial charge in [0.25, 0.3) is 5.56 Å². The highest BCUT2D eigenvalue weighted by molar-refractivity contribution is 7.13. The second kappa shape index (κ2) is 6.81. The van der Waals surface area contributed by atoms with Crippen molar-refractivity contribution < 1.29 is 13.6 Å². The van der Waals surface area contributed by atoms with Gasteiger partial charge in [0.05, 0.1) is 4.88 Å². The van der Waals surface area contributed by atoms with Crippen molar-refractivity contribution in [3.63, 3.8) is 0 Å². The van der Waals surface area contributed by atoms with E-state index in [-0.39, 0.29) is 11.4 Å². The van der Waals surface area contributed by atoms with Crippen molar-refractivity contribution >= 4 is 28.6 Å². The fourth-order valence-corrected chi connectivity index (χ4v) is 2.81. The Hall–Kier alpha value is -3.07. The van der Waals surface area contributed by atoms with E-state index in [0.29, 0.717) is 5.69 Å². The molecular weight excluding hydrogens is 350 g/mol. The van der Waals surface area contributed by atoms with Crippen molar-refractivity contribution in [3.05, 3.63) is 63.8 Å². The summed E-state index contributed by atoms with van der Waals surface area (Å²) in [7, 11) is 0. The molecule has 3 aromatic rings. The monoisotopic (exact) mass is 362 g/mol. The van der Waals surface area contributed by atoms with E-state index in [4.69, 9.17) is 5.73 Å². The highest BCUT2D eigenvalue weighted by Crippen LogP contribution is 2.22. The Bertz CT molecular complexity index is 986. The summed E-state index contributed by atoms with van der Waals surface area (Å²) in [5, 5.41) is 8.35. The lowest BCUT2D eigenvalue weighted by Gasteiger charge is -2.09. The predicted octanol–water partition coefficient (Wildman–Crippen LogP) is 2.47. The number of nitrogens with two attached hydrogens (primary N) is 1. The minimum Gasteiger partial charge on any atom is -0.394 e. The van der Waals surface area contributed by atoms with E-state index >= 15 is 0 Å². The Morgan fingerprint density at radius 3 is 2.72 bits per heavy atom. The van der Waals surface area contributed by atoms with Crippen molar-refractivity contribution in [2.24, 2.45) is 0 Å². The molecule has 3 rings (SSSR count). The van der Waals surface area contributed by atoms with Gasteiger partial charge >= 0.3 is 0 Å². The summed E-state index contributed by atoms with van der Waals surface area (Å²) in [6, 6.07) is 8.03. The molecule has 0 aliphatic rings. The molecule has 0 aliphatic carbocycles. The minimum atomic E-state index is -1.09. The number of thiophene rings is 1. The standard InChI is InChI=1S/C16H12F2N4O2S/c17-10-4-3-9(6-11(10)18)20-15(23)8-22-16(24)12(19)7-13(21-22)14-2-1-5-25-14/h1-7H,8,19H2,(H,20,23). The number of aromatic nitrogens is 2. The highest BCUT2D eigenvalue weighted by atomic mass is 32.1. The number of amides is 1. The van der Waals surface area contributed by atoms with Crippen LogP contribution in [0.5, 0.6) is 0 Å². The van der Waals surface area contributed by atoms with Gasteiger partial charge in [0, 0.05) is 11.8 Å². The van der Waals surface area contributed by atoms with Crippen LogP contribution in [0, 0.1) is 11.6 Å². The molecule has 0 spiro atoms. The number of carbonyl (C=O) groups excluding carboxylic acids is 1. The van der Waals surface area contributed by atoms with E-state index in [2.05, 4.69) is 10.4 Å². The third-order valence-electron chi connectivity index (χ3n) is 3.27. The number of rotatable bonds is 4. The molecule has 25 heavy (non-hydrogen) atoms. The molecule has 0 fully saturated rings. The van der Waals surface area contributed by atoms with Gasteiger partial charge in [-0.1, -0.05) is 6.07 Å². The molecule has 0 saturated heterocycles. The van der Waals surface area contributed by atoms with Crippen LogP contribution >= 0.6 is 11.3 Å². The summed E-state index contributed by atoms with van der Waals surface area (Å²) in [4.78, 5) is 24.9. The van der Waals surface area contributed by atoms with E-state index in [1.165, 1.54) is 23.5 Å². The number of halogens is 2. The second-order valence-electron chi connectivity index (χ2n) is 5.10. The maximum Gasteiger partial charge on any atom is 0.290 e. The molecule has 0 bridgehead atoms. The maximum atomic E-state index is 13.2. The van der Waals surface area contributed by atoms with Crippen LogP contribution in [0.25, 0.3) is 10.6 Å². The van der Waals surface area contributed by atoms with Crippen LogP contribution in [-0.2, 0) is 11.3 Å². The Labute approximate surface area is 144 Å². The van der Waals surface area contributed by atoms with Crippen LogP contribution < -0.4 is 16.6 Å². The summed E-state index contributed by atoms with van der Waals surface area (Å²) in [6.07, 6.45) is 0. The van der Waals surface area contributed by atoms with E-state index in [0.717, 1.165) is 21.7 Å². The number of nitrogens with one attached hydrogen (secondary N) is 1. The van der Waals surface area contributed by atoms with E-state index in [1.54, 1.807) is 0 Å². The average molecular weight is 362 g/mol. The molecule has 0 saturated carbocycles. The smallest absolute Gasteiger partial charge is 0.290 e. The molecule has 0 aliphatic heterocycles. The summed E-state index contributed by atoms with van der Waals surface area (Å²) in [5.74, 6) is -2.73. The second-order valence-corrected chi connectivity index (χ2v) is 6.05. The summed E-state index contributed by atoms with van der Waals surface area (Å²) < 4.78 is 27.0. The lowest BCUT2D eigenvalue weighted by molar-refractivity contribution is -0.117. The largest absolute Gasteiger partial charge is 0.394 e. The van der Waals surface area contributed by atoms with Crippen LogP contribution in [0.4, 0.5) is 20.2 Å². The van der Waals surface area contributed by atoms with Crippen molar-refractivity contribution in [1.29, 1.82) is 0 Å². The fraction of sp³-hybridized carbons (Fsp3) is 0.0625. The van der Waals surface area contributed by atoms with Gasteiger partial charge < -0.3 is 11.1 Å². The average Bonchev–Trinajstić information content (AvgIpc) is 3.09. The van der Waals surface area contributed by atoms with Gasteiger partial charge in [0.1, 0.15) is 17.9 Å². The zero-order valence-corrected chi connectivity index (χ0v) is 13.5. The van der Waals surface area contributed by atoms with E-state index < -0.39 is 29.6 Å². The van der Waals surface area contributed by atoms with E-state index in [1.807, 2.05) is 17.5 Å². The summed E-state index contributed by atoms with van der Waals surface area (Å²) in [5.41, 5.74) is 5.58. The zero-order valence-electron chi connectivity index (χ0n) is 12.7. The molecule has 9 heteroatoms. The fourth-order valence-electron chi connectivity index (χ4n) is 2.12. The molecule has 1 aromatic carbocycles. The van der Waals surface area contributed by atoms with Crippen LogP contribution in [0.1, 0.15) is 0 Å². The summed E-state index contributed by atoms with van der Waals surface area (Å²) >= 11 is 1.41. The van der Waals surface area contributed by atoms with Crippen molar-refractivity contribution in [2.75, 3.05) is 11.1 Å². The number of nitrogen functional groups attached to an aromatic ring is 1. The van der Waals surface area contributed by atoms with Crippen molar-refractivity contribution in [3.8, 4) is 10.6 Å². The van der Waals surface area contributed by atoms with Gasteiger partial charge in [-0.2, -0.15) is 5.10 Å². The minimum absolute atomic E-state index is 0.0426. The third-order valence-corrected chi connectivity index (χ3v) is 4.16. The predicted molar refractivity (Wildman–Crippen MR) is 91.2 cm³/mol. The van der Waals surface area contributed by atoms with Crippen LogP contribution in [0.15, 0.2) is 46.6 Å². The Morgan fingerprint density at radius 2 is 2.04 bits per heavy atom. The number of hydrogen-bond donors (Lipinski definition) is 2. The molecule has 128 valence electrons. The van der Waals surface area contributed by atoms with Gasteiger partial charge in [-0.15, -0.1) is 11.3 Å². The van der Waals surface area contributed by atoms with Gasteiger partial charge in [-0.05, 0) is 29.6 Å². The van der Waals surface area contributed by atoms with Gasteiger partial charge in [0.2, 0.25) is 5.91 Å². The van der Waals surface area contributed by atoms with Crippen molar-refractivity contribution in [2.45, 2.75) is 6.54 Å². The first-order chi connectivity index (χ1) is 11.9. The Kier molecular flexibility index (Phi) is 4.57. The zero-order chi connectivity index (χ0) is 18.0. The van der Waals surface area contributed by atoms with Crippen LogP contribution in [-0.4, -0.2) is 15.7 Å². The van der Waals surface area contributed by atoms with Crippen molar-refractivity contribution in [1.82, 2.24) is 9.78 Å². The Balaban J connectivity index is 1.83. The first kappa shape index (κ1) is 16.8. The highest BCUT2D eigenvalue weighted by Gasteiger charge is 2.12. The molecule has 2 aromatic heterocycles. The lowest BCUT2D eigenvalue weighted by Crippen LogP contribution is -2.31. The molecule has 3 N–H and O–H groups in total. The normalized spacial score (nSPS) is 10.6. The molecule has 6 nitrogen and oxygen atoms in total. The molecule has 0 atom stereocenters. The van der Waals surface area contributed by atoms with Gasteiger partial charge in [-0.25, -0.2) is 13.5 Å². The quantitative estimate of drug-likeness (QED) is 0.746. The molecule has 1 amide bonds. The molecule has 0 radical (unpaired) electrons. The SMILES string of the molecule is Nc1cc(-c2cccs2)nn(CC(=O)Nc2ccc(F)c(F)c2)c1=O. The number of carbonyl (C=O) groups is 1. The van der Waals surface area contributed by atoms with Gasteiger partial charge in [-0.3, -0.25) is 9.59 Å². The maximum absolute atomic E-state index is 13.2. The summed E-state index contributed by atoms with van der Waals surface area (Å²) in [6.45, 7) is -0.415. The molecule has 0 unspecified atom stereocenters.